The molecule has 0 saturated carbocycles. The molecule has 4 rings (SSSR count). The summed E-state index contributed by atoms with van der Waals surface area (Å²) in [7, 11) is 9.41. The number of hydrogen-bond acceptors (Lipinski definition) is 8. The molecule has 0 aliphatic carbocycles. The number of carbonyl (C=O) groups excluding carboxylic acids is 2. The van der Waals surface area contributed by atoms with Crippen LogP contribution in [0.1, 0.15) is 36.8 Å². The minimum atomic E-state index is -0.113. The van der Waals surface area contributed by atoms with Crippen LogP contribution < -0.4 is 38.2 Å². The zero-order valence-corrected chi connectivity index (χ0v) is 33.1. The van der Waals surface area contributed by atoms with Crippen LogP contribution in [-0.4, -0.2) is 67.6 Å². The number of unbranched alkanes of at least 4 members (excludes halogenated alkanes) is 3. The molecule has 10 heteroatoms. The molecule has 4 aromatic carbocycles. The first-order valence-corrected chi connectivity index (χ1v) is 18.4. The maximum absolute atomic E-state index is 13.4. The highest BCUT2D eigenvalue weighted by Crippen LogP contribution is 2.39. The Morgan fingerprint density at radius 1 is 0.464 bits per heavy atom. The zero-order chi connectivity index (χ0) is 40.1. The van der Waals surface area contributed by atoms with Crippen LogP contribution in [0.2, 0.25) is 0 Å². The number of amides is 2. The van der Waals surface area contributed by atoms with E-state index in [2.05, 4.69) is 0 Å². The van der Waals surface area contributed by atoms with E-state index in [-0.39, 0.29) is 11.8 Å². The molecule has 0 bridgehead atoms. The molecule has 56 heavy (non-hydrogen) atoms. The number of benzene rings is 4. The summed E-state index contributed by atoms with van der Waals surface area (Å²) in [4.78, 5) is 30.4. The average molecular weight is 761 g/mol. The van der Waals surface area contributed by atoms with Crippen molar-refractivity contribution in [2.45, 2.75) is 25.7 Å². The van der Waals surface area contributed by atoms with Crippen molar-refractivity contribution >= 4 is 35.3 Å². The smallest absolute Gasteiger partial charge is 0.250 e. The Morgan fingerprint density at radius 3 is 1.11 bits per heavy atom. The van der Waals surface area contributed by atoms with Crippen molar-refractivity contribution in [3.63, 3.8) is 0 Å². The van der Waals surface area contributed by atoms with Crippen LogP contribution in [0.3, 0.4) is 0 Å². The van der Waals surface area contributed by atoms with Crippen molar-refractivity contribution in [3.8, 4) is 34.5 Å². The summed E-state index contributed by atoms with van der Waals surface area (Å²) in [6.07, 6.45) is 17.4. The molecule has 0 aliphatic heterocycles. The Labute approximate surface area is 330 Å². The molecule has 0 unspecified atom stereocenters. The Kier molecular flexibility index (Phi) is 17.2. The topological polar surface area (TPSA) is 96.0 Å². The molecule has 4 aromatic rings. The van der Waals surface area contributed by atoms with Crippen LogP contribution in [0.4, 0.5) is 11.4 Å². The lowest BCUT2D eigenvalue weighted by Gasteiger charge is -2.22. The van der Waals surface area contributed by atoms with Gasteiger partial charge in [-0.1, -0.05) is 85.7 Å². The second-order valence-electron chi connectivity index (χ2n) is 12.4. The lowest BCUT2D eigenvalue weighted by Crippen LogP contribution is -2.31. The van der Waals surface area contributed by atoms with Crippen LogP contribution >= 0.6 is 0 Å². The molecule has 0 spiro atoms. The molecule has 0 fully saturated rings. The highest BCUT2D eigenvalue weighted by atomic mass is 16.5. The van der Waals surface area contributed by atoms with E-state index in [1.807, 2.05) is 109 Å². The molecular weight excluding hydrogens is 709 g/mol. The molecule has 0 N–H and O–H groups in total. The molecule has 2 amide bonds. The van der Waals surface area contributed by atoms with Gasteiger partial charge in [-0.15, -0.1) is 0 Å². The second kappa shape index (κ2) is 22.7. The summed E-state index contributed by atoms with van der Waals surface area (Å²) in [5, 5.41) is 0. The van der Waals surface area contributed by atoms with E-state index in [1.54, 1.807) is 76.8 Å². The summed E-state index contributed by atoms with van der Waals surface area (Å²) in [5.41, 5.74) is 3.35. The number of anilines is 2. The molecule has 294 valence electrons. The maximum Gasteiger partial charge on any atom is 0.250 e. The SMILES string of the molecule is COc1cc(/C=C/C=C/C(=O)N(CCCCCCN(C(=O)/C=C/C=C/c2cc(OC)c(OC)c(OC)c2)c2ccccc2)c2ccccc2)cc(OC)c1OC. The van der Waals surface area contributed by atoms with Crippen LogP contribution in [0.5, 0.6) is 34.5 Å². The zero-order valence-electron chi connectivity index (χ0n) is 33.1. The van der Waals surface area contributed by atoms with Gasteiger partial charge in [-0.05, 0) is 72.5 Å². The number of methoxy groups -OCH3 is 6. The van der Waals surface area contributed by atoms with Gasteiger partial charge in [0.05, 0.1) is 42.7 Å². The van der Waals surface area contributed by atoms with E-state index in [4.69, 9.17) is 28.4 Å². The van der Waals surface area contributed by atoms with Gasteiger partial charge < -0.3 is 38.2 Å². The third-order valence-electron chi connectivity index (χ3n) is 8.83. The summed E-state index contributed by atoms with van der Waals surface area (Å²) in [5.74, 6) is 3.02. The third kappa shape index (κ3) is 12.0. The fourth-order valence-electron chi connectivity index (χ4n) is 6.03. The van der Waals surface area contributed by atoms with E-state index in [1.165, 1.54) is 0 Å². The predicted octanol–water partition coefficient (Wildman–Crippen LogP) is 9.20. The molecule has 0 radical (unpaired) electrons. The summed E-state index contributed by atoms with van der Waals surface area (Å²) >= 11 is 0. The fourth-order valence-corrected chi connectivity index (χ4v) is 6.03. The highest BCUT2D eigenvalue weighted by Gasteiger charge is 2.16. The average Bonchev–Trinajstić information content (AvgIpc) is 3.24. The Bertz CT molecular complexity index is 1780. The first-order valence-electron chi connectivity index (χ1n) is 18.4. The molecule has 0 aliphatic rings. The van der Waals surface area contributed by atoms with Gasteiger partial charge in [0.25, 0.3) is 11.8 Å². The van der Waals surface area contributed by atoms with Crippen LogP contribution in [0, 0.1) is 0 Å². The van der Waals surface area contributed by atoms with Crippen molar-refractivity contribution in [1.82, 2.24) is 0 Å². The minimum absolute atomic E-state index is 0.113. The number of allylic oxidation sites excluding steroid dienone is 4. The van der Waals surface area contributed by atoms with Crippen molar-refractivity contribution in [2.24, 2.45) is 0 Å². The molecule has 0 heterocycles. The Balaban J connectivity index is 1.34. The predicted molar refractivity (Wildman–Crippen MR) is 225 cm³/mol. The molecule has 0 atom stereocenters. The molecule has 0 aromatic heterocycles. The number of carbonyl (C=O) groups is 2. The molecular formula is C46H52N2O8. The number of para-hydroxylation sites is 2. The van der Waals surface area contributed by atoms with Gasteiger partial charge in [0, 0.05) is 36.6 Å². The van der Waals surface area contributed by atoms with E-state index < -0.39 is 0 Å². The number of hydrogen-bond donors (Lipinski definition) is 0. The largest absolute Gasteiger partial charge is 0.493 e. The van der Waals surface area contributed by atoms with Gasteiger partial charge in [0.1, 0.15) is 0 Å². The molecule has 10 nitrogen and oxygen atoms in total. The number of rotatable bonds is 21. The van der Waals surface area contributed by atoms with E-state index >= 15 is 0 Å². The summed E-state index contributed by atoms with van der Waals surface area (Å²) in [6.45, 7) is 1.12. The standard InChI is InChI=1S/C46H52N2O8/c1-51-39-31-35(32-40(52-2)45(39)55-5)21-15-17-27-43(49)47(37-23-11-9-12-24-37)29-19-7-8-20-30-48(38-25-13-10-14-26-38)44(50)28-18-16-22-36-33-41(53-3)46(56-6)42(34-36)54-4/h9-18,21-28,31-34H,7-8,19-20,29-30H2,1-6H3/b21-15+,22-16+,27-17+,28-18+. The van der Waals surface area contributed by atoms with Crippen molar-refractivity contribution in [1.29, 1.82) is 0 Å². The van der Waals surface area contributed by atoms with Gasteiger partial charge in [0.15, 0.2) is 23.0 Å². The first kappa shape index (κ1) is 42.3. The maximum atomic E-state index is 13.4. The number of ether oxygens (including phenoxy) is 6. The Morgan fingerprint density at radius 2 is 0.804 bits per heavy atom. The van der Waals surface area contributed by atoms with Crippen LogP contribution in [-0.2, 0) is 9.59 Å². The Hall–Kier alpha value is -6.42. The number of nitrogens with zero attached hydrogens (tertiary/aromatic N) is 2. The second-order valence-corrected chi connectivity index (χ2v) is 12.4. The lowest BCUT2D eigenvalue weighted by atomic mass is 10.1. The van der Waals surface area contributed by atoms with Gasteiger partial charge in [-0.25, -0.2) is 0 Å². The quantitative estimate of drug-likeness (QED) is 0.0472. The van der Waals surface area contributed by atoms with E-state index in [0.717, 1.165) is 48.2 Å². The van der Waals surface area contributed by atoms with Crippen LogP contribution in [0.25, 0.3) is 12.2 Å². The lowest BCUT2D eigenvalue weighted by molar-refractivity contribution is -0.115. The minimum Gasteiger partial charge on any atom is -0.493 e. The summed E-state index contributed by atoms with van der Waals surface area (Å²) in [6, 6.07) is 26.7. The normalized spacial score (nSPS) is 11.3. The first-order chi connectivity index (χ1) is 27.4. The van der Waals surface area contributed by atoms with Gasteiger partial charge in [0.2, 0.25) is 11.5 Å². The summed E-state index contributed by atoms with van der Waals surface area (Å²) < 4.78 is 32.6. The fraction of sp³-hybridized carbons (Fsp3) is 0.261. The highest BCUT2D eigenvalue weighted by molar-refractivity contribution is 6.02. The van der Waals surface area contributed by atoms with Gasteiger partial charge >= 0.3 is 0 Å². The third-order valence-corrected chi connectivity index (χ3v) is 8.83. The van der Waals surface area contributed by atoms with Crippen molar-refractivity contribution in [3.05, 3.63) is 133 Å². The van der Waals surface area contributed by atoms with Gasteiger partial charge in [-0.3, -0.25) is 9.59 Å². The molecule has 0 saturated heterocycles. The van der Waals surface area contributed by atoms with Crippen LogP contribution in [0.15, 0.2) is 121 Å². The van der Waals surface area contributed by atoms with Gasteiger partial charge in [-0.2, -0.15) is 0 Å². The van der Waals surface area contributed by atoms with E-state index in [9.17, 15) is 9.59 Å². The van der Waals surface area contributed by atoms with Crippen molar-refractivity contribution in [2.75, 3.05) is 65.5 Å². The van der Waals surface area contributed by atoms with E-state index in [0.29, 0.717) is 47.6 Å². The monoisotopic (exact) mass is 760 g/mol. The van der Waals surface area contributed by atoms with Crippen molar-refractivity contribution < 1.29 is 38.0 Å².